The number of carbonyl (C=O) groups excluding carboxylic acids is 1. The Morgan fingerprint density at radius 2 is 1.91 bits per heavy atom. The summed E-state index contributed by atoms with van der Waals surface area (Å²) < 4.78 is 7.89. The van der Waals surface area contributed by atoms with E-state index in [0.29, 0.717) is 13.0 Å². The van der Waals surface area contributed by atoms with Crippen molar-refractivity contribution in [2.75, 3.05) is 31.6 Å². The number of hydrazine groups is 1. The Hall–Kier alpha value is -2.42. The van der Waals surface area contributed by atoms with Gasteiger partial charge < -0.3 is 10.1 Å². The molecular formula is C24H36N6O2. The number of aryl methyl sites for hydroxylation is 2. The zero-order valence-corrected chi connectivity index (χ0v) is 19.5. The van der Waals surface area contributed by atoms with Gasteiger partial charge in [0.15, 0.2) is 0 Å². The molecule has 8 nitrogen and oxygen atoms in total. The van der Waals surface area contributed by atoms with Crippen molar-refractivity contribution in [3.8, 4) is 5.75 Å². The molecule has 0 spiro atoms. The average Bonchev–Trinajstić information content (AvgIpc) is 3.39. The first-order chi connectivity index (χ1) is 15.5. The summed E-state index contributed by atoms with van der Waals surface area (Å²) >= 11 is 0. The maximum Gasteiger partial charge on any atom is 0.242 e. The van der Waals surface area contributed by atoms with Crippen molar-refractivity contribution in [1.82, 2.24) is 25.5 Å². The molecule has 2 aromatic rings. The van der Waals surface area contributed by atoms with Crippen LogP contribution in [-0.4, -0.2) is 52.9 Å². The molecule has 2 atom stereocenters. The molecule has 1 aromatic heterocycles. The van der Waals surface area contributed by atoms with Crippen molar-refractivity contribution in [3.05, 3.63) is 41.2 Å². The van der Waals surface area contributed by atoms with Gasteiger partial charge >= 0.3 is 0 Å². The summed E-state index contributed by atoms with van der Waals surface area (Å²) in [6.07, 6.45) is 4.62. The molecule has 0 saturated carbocycles. The molecule has 2 aliphatic heterocycles. The molecule has 2 fully saturated rings. The van der Waals surface area contributed by atoms with E-state index >= 15 is 0 Å². The third-order valence-electron chi connectivity index (χ3n) is 6.55. The number of hydrogen-bond donors (Lipinski definition) is 3. The minimum absolute atomic E-state index is 0.0445. The first-order valence-electron chi connectivity index (χ1n) is 11.9. The fourth-order valence-corrected chi connectivity index (χ4v) is 4.78. The van der Waals surface area contributed by atoms with Gasteiger partial charge in [0, 0.05) is 30.0 Å². The fraction of sp³-hybridized carbons (Fsp3) is 0.583. The summed E-state index contributed by atoms with van der Waals surface area (Å²) in [4.78, 5) is 15.2. The van der Waals surface area contributed by atoms with E-state index in [-0.39, 0.29) is 18.0 Å². The molecule has 1 amide bonds. The lowest BCUT2D eigenvalue weighted by Crippen LogP contribution is -2.39. The van der Waals surface area contributed by atoms with Gasteiger partial charge in [-0.2, -0.15) is 5.10 Å². The quantitative estimate of drug-likeness (QED) is 0.585. The van der Waals surface area contributed by atoms with Gasteiger partial charge in [0.05, 0.1) is 11.7 Å². The van der Waals surface area contributed by atoms with E-state index in [2.05, 4.69) is 40.0 Å². The van der Waals surface area contributed by atoms with Crippen LogP contribution in [0.1, 0.15) is 55.6 Å². The van der Waals surface area contributed by atoms with Crippen LogP contribution >= 0.6 is 0 Å². The van der Waals surface area contributed by atoms with E-state index in [1.54, 1.807) is 0 Å². The summed E-state index contributed by atoms with van der Waals surface area (Å²) in [6.45, 7) is 11.1. The van der Waals surface area contributed by atoms with Gasteiger partial charge in [-0.15, -0.1) is 0 Å². The number of anilines is 1. The molecule has 174 valence electrons. The lowest BCUT2D eigenvalue weighted by molar-refractivity contribution is -0.117. The highest BCUT2D eigenvalue weighted by Crippen LogP contribution is 2.28. The van der Waals surface area contributed by atoms with Crippen LogP contribution in [0.5, 0.6) is 5.75 Å². The molecule has 2 aliphatic rings. The number of hydrogen-bond acceptors (Lipinski definition) is 6. The number of amides is 1. The number of rotatable bonds is 8. The number of likely N-dealkylation sites (tertiary alicyclic amines) is 1. The molecule has 0 aliphatic carbocycles. The number of nitrogens with zero attached hydrogens (tertiary/aromatic N) is 3. The highest BCUT2D eigenvalue weighted by molar-refractivity contribution is 5.95. The molecule has 32 heavy (non-hydrogen) atoms. The Bertz CT molecular complexity index is 904. The van der Waals surface area contributed by atoms with Crippen molar-refractivity contribution in [2.24, 2.45) is 0 Å². The molecular weight excluding hydrogens is 404 g/mol. The summed E-state index contributed by atoms with van der Waals surface area (Å²) in [6, 6.07) is 7.40. The lowest BCUT2D eigenvalue weighted by atomic mass is 10.00. The highest BCUT2D eigenvalue weighted by Gasteiger charge is 2.33. The largest absolute Gasteiger partial charge is 0.492 e. The topological polar surface area (TPSA) is 83.5 Å². The second-order valence-electron chi connectivity index (χ2n) is 8.79. The zero-order chi connectivity index (χ0) is 22.5. The van der Waals surface area contributed by atoms with E-state index in [1.807, 2.05) is 35.9 Å². The fourth-order valence-electron chi connectivity index (χ4n) is 4.78. The van der Waals surface area contributed by atoms with E-state index in [0.717, 1.165) is 35.9 Å². The molecule has 1 aromatic carbocycles. The van der Waals surface area contributed by atoms with Crippen LogP contribution < -0.4 is 20.9 Å². The Balaban J connectivity index is 1.25. The Kier molecular flexibility index (Phi) is 7.44. The van der Waals surface area contributed by atoms with Crippen LogP contribution in [0.4, 0.5) is 5.69 Å². The smallest absolute Gasteiger partial charge is 0.242 e. The van der Waals surface area contributed by atoms with Gasteiger partial charge in [0.1, 0.15) is 18.4 Å². The van der Waals surface area contributed by atoms with Crippen molar-refractivity contribution >= 4 is 11.6 Å². The predicted octanol–water partition coefficient (Wildman–Crippen LogP) is 2.93. The first-order valence-corrected chi connectivity index (χ1v) is 11.9. The number of nitrogens with one attached hydrogen (secondary N) is 3. The molecule has 8 heteroatoms. The van der Waals surface area contributed by atoms with E-state index in [9.17, 15) is 4.79 Å². The predicted molar refractivity (Wildman–Crippen MR) is 126 cm³/mol. The second kappa shape index (κ2) is 10.5. The summed E-state index contributed by atoms with van der Waals surface area (Å²) in [7, 11) is 0. The Morgan fingerprint density at radius 3 is 2.59 bits per heavy atom. The Labute approximate surface area is 190 Å². The zero-order valence-electron chi connectivity index (χ0n) is 19.5. The average molecular weight is 441 g/mol. The van der Waals surface area contributed by atoms with Gasteiger partial charge in [-0.25, -0.2) is 10.9 Å². The van der Waals surface area contributed by atoms with E-state index < -0.39 is 0 Å². The molecule has 3 heterocycles. The molecule has 4 rings (SSSR count). The molecule has 2 unspecified atom stereocenters. The second-order valence-corrected chi connectivity index (χ2v) is 8.79. The first kappa shape index (κ1) is 22.8. The van der Waals surface area contributed by atoms with Crippen LogP contribution in [0.3, 0.4) is 0 Å². The third kappa shape index (κ3) is 5.31. The molecule has 0 bridgehead atoms. The molecule has 2 saturated heterocycles. The minimum Gasteiger partial charge on any atom is -0.492 e. The van der Waals surface area contributed by atoms with E-state index in [1.165, 1.54) is 37.9 Å². The van der Waals surface area contributed by atoms with Crippen LogP contribution in [0, 0.1) is 13.8 Å². The van der Waals surface area contributed by atoms with Gasteiger partial charge in [-0.3, -0.25) is 14.4 Å². The lowest BCUT2D eigenvalue weighted by Gasteiger charge is -2.26. The van der Waals surface area contributed by atoms with Gasteiger partial charge in [0.25, 0.3) is 0 Å². The van der Waals surface area contributed by atoms with Crippen molar-refractivity contribution < 1.29 is 9.53 Å². The van der Waals surface area contributed by atoms with Crippen molar-refractivity contribution in [3.63, 3.8) is 0 Å². The Morgan fingerprint density at radius 1 is 1.16 bits per heavy atom. The SMILES string of the molecule is CCn1nc(C)c(C2CC(C(=O)Nc3ccc(OCCN4CCCCC4)cc3)NN2)c1C. The van der Waals surface area contributed by atoms with Gasteiger partial charge in [0.2, 0.25) is 5.91 Å². The van der Waals surface area contributed by atoms with Crippen LogP contribution in [-0.2, 0) is 11.3 Å². The summed E-state index contributed by atoms with van der Waals surface area (Å²) in [5.74, 6) is 0.788. The number of aromatic nitrogens is 2. The minimum atomic E-state index is -0.302. The number of ether oxygens (including phenoxy) is 1. The maximum atomic E-state index is 12.8. The van der Waals surface area contributed by atoms with Crippen LogP contribution in [0.15, 0.2) is 24.3 Å². The third-order valence-corrected chi connectivity index (χ3v) is 6.55. The standard InChI is InChI=1S/C24H36N6O2/c1-4-30-18(3)23(17(2)28-30)21-16-22(27-26-21)24(31)25-19-8-10-20(11-9-19)32-15-14-29-12-6-5-7-13-29/h8-11,21-22,26-27H,4-7,12-16H2,1-3H3,(H,25,31). The number of benzene rings is 1. The molecule has 0 radical (unpaired) electrons. The van der Waals surface area contributed by atoms with Gasteiger partial charge in [-0.05, 0) is 77.4 Å². The van der Waals surface area contributed by atoms with Crippen LogP contribution in [0.2, 0.25) is 0 Å². The summed E-state index contributed by atoms with van der Waals surface area (Å²) in [5.41, 5.74) is 10.6. The van der Waals surface area contributed by atoms with Gasteiger partial charge in [-0.1, -0.05) is 6.42 Å². The normalized spacial score (nSPS) is 21.6. The van der Waals surface area contributed by atoms with Crippen molar-refractivity contribution in [2.45, 2.75) is 65.1 Å². The monoisotopic (exact) mass is 440 g/mol. The van der Waals surface area contributed by atoms with E-state index in [4.69, 9.17) is 4.74 Å². The molecule has 3 N–H and O–H groups in total. The number of carbonyl (C=O) groups is 1. The maximum absolute atomic E-state index is 12.8. The summed E-state index contributed by atoms with van der Waals surface area (Å²) in [5, 5.41) is 7.61. The van der Waals surface area contributed by atoms with Crippen molar-refractivity contribution in [1.29, 1.82) is 0 Å². The highest BCUT2D eigenvalue weighted by atomic mass is 16.5. The number of piperidine rings is 1. The van der Waals surface area contributed by atoms with Crippen LogP contribution in [0.25, 0.3) is 0 Å².